The summed E-state index contributed by atoms with van der Waals surface area (Å²) >= 11 is 4.83. The zero-order chi connectivity index (χ0) is 12.0. The lowest BCUT2D eigenvalue weighted by Crippen LogP contribution is -2.39. The first-order valence-electron chi connectivity index (χ1n) is 6.21. The van der Waals surface area contributed by atoms with Crippen molar-refractivity contribution in [2.24, 2.45) is 5.73 Å². The van der Waals surface area contributed by atoms with E-state index in [1.165, 1.54) is 12.8 Å². The molecule has 0 heterocycles. The van der Waals surface area contributed by atoms with Crippen molar-refractivity contribution in [1.29, 1.82) is 0 Å². The second-order valence-corrected chi connectivity index (χ2v) is 5.62. The van der Waals surface area contributed by atoms with Crippen LogP contribution in [0.5, 0.6) is 0 Å². The SMILES string of the molecule is CN(CCCCC(N)=S)CC1(O)CCCC1. The number of thiocarbonyl (C=S) groups is 1. The molecule has 4 heteroatoms. The normalized spacial score (nSPS) is 19.2. The molecule has 1 rings (SSSR count). The van der Waals surface area contributed by atoms with Gasteiger partial charge in [-0.05, 0) is 45.7 Å². The van der Waals surface area contributed by atoms with Crippen molar-refractivity contribution in [3.05, 3.63) is 0 Å². The minimum absolute atomic E-state index is 0.419. The van der Waals surface area contributed by atoms with Crippen molar-refractivity contribution in [2.75, 3.05) is 20.1 Å². The number of nitrogens with two attached hydrogens (primary N) is 1. The van der Waals surface area contributed by atoms with Gasteiger partial charge in [0.2, 0.25) is 0 Å². The van der Waals surface area contributed by atoms with Crippen LogP contribution >= 0.6 is 12.2 Å². The summed E-state index contributed by atoms with van der Waals surface area (Å²) in [5, 5.41) is 10.2. The summed E-state index contributed by atoms with van der Waals surface area (Å²) in [4.78, 5) is 2.84. The van der Waals surface area contributed by atoms with Gasteiger partial charge in [-0.15, -0.1) is 0 Å². The average Bonchev–Trinajstić information content (AvgIpc) is 2.59. The number of hydrogen-bond donors (Lipinski definition) is 2. The zero-order valence-corrected chi connectivity index (χ0v) is 11.1. The molecule has 0 aliphatic heterocycles. The third-order valence-electron chi connectivity index (χ3n) is 3.31. The van der Waals surface area contributed by atoms with E-state index in [2.05, 4.69) is 11.9 Å². The highest BCUT2D eigenvalue weighted by molar-refractivity contribution is 7.80. The molecular weight excluding hydrogens is 220 g/mol. The van der Waals surface area contributed by atoms with Crippen LogP contribution in [0.25, 0.3) is 0 Å². The van der Waals surface area contributed by atoms with Crippen LogP contribution in [0.3, 0.4) is 0 Å². The molecule has 3 N–H and O–H groups in total. The van der Waals surface area contributed by atoms with Gasteiger partial charge in [-0.25, -0.2) is 0 Å². The van der Waals surface area contributed by atoms with Crippen molar-refractivity contribution in [3.63, 3.8) is 0 Å². The van der Waals surface area contributed by atoms with E-state index < -0.39 is 5.60 Å². The topological polar surface area (TPSA) is 49.5 Å². The van der Waals surface area contributed by atoms with Crippen LogP contribution in [0.1, 0.15) is 44.9 Å². The molecule has 1 saturated carbocycles. The van der Waals surface area contributed by atoms with Gasteiger partial charge in [-0.1, -0.05) is 25.1 Å². The molecule has 1 aliphatic carbocycles. The smallest absolute Gasteiger partial charge is 0.0774 e. The molecule has 0 amide bonds. The molecular formula is C12H24N2OS. The lowest BCUT2D eigenvalue weighted by atomic mass is 10.0. The van der Waals surface area contributed by atoms with E-state index in [4.69, 9.17) is 18.0 Å². The fourth-order valence-electron chi connectivity index (χ4n) is 2.45. The fraction of sp³-hybridized carbons (Fsp3) is 0.917. The van der Waals surface area contributed by atoms with E-state index in [-0.39, 0.29) is 0 Å². The second kappa shape index (κ2) is 6.52. The lowest BCUT2D eigenvalue weighted by Gasteiger charge is -2.28. The van der Waals surface area contributed by atoms with E-state index in [0.29, 0.717) is 4.99 Å². The van der Waals surface area contributed by atoms with Crippen LogP contribution in [0.2, 0.25) is 0 Å². The minimum Gasteiger partial charge on any atom is -0.393 e. The molecule has 0 radical (unpaired) electrons. The van der Waals surface area contributed by atoms with Gasteiger partial charge in [-0.3, -0.25) is 0 Å². The summed E-state index contributed by atoms with van der Waals surface area (Å²) in [7, 11) is 2.08. The summed E-state index contributed by atoms with van der Waals surface area (Å²) in [6.07, 6.45) is 7.27. The van der Waals surface area contributed by atoms with Crippen molar-refractivity contribution in [2.45, 2.75) is 50.5 Å². The Morgan fingerprint density at radius 2 is 2.00 bits per heavy atom. The van der Waals surface area contributed by atoms with Crippen LogP contribution in [-0.4, -0.2) is 40.7 Å². The van der Waals surface area contributed by atoms with Gasteiger partial charge in [-0.2, -0.15) is 0 Å². The maximum absolute atomic E-state index is 10.2. The largest absolute Gasteiger partial charge is 0.393 e. The van der Waals surface area contributed by atoms with Gasteiger partial charge in [0.15, 0.2) is 0 Å². The van der Waals surface area contributed by atoms with Crippen molar-refractivity contribution < 1.29 is 5.11 Å². The molecule has 0 aromatic rings. The quantitative estimate of drug-likeness (QED) is 0.528. The molecule has 0 unspecified atom stereocenters. The Hall–Kier alpha value is -0.190. The Kier molecular flexibility index (Phi) is 5.66. The molecule has 0 bridgehead atoms. The number of hydrogen-bond acceptors (Lipinski definition) is 3. The Balaban J connectivity index is 2.10. The maximum atomic E-state index is 10.2. The Labute approximate surface area is 104 Å². The van der Waals surface area contributed by atoms with Crippen molar-refractivity contribution in [3.8, 4) is 0 Å². The van der Waals surface area contributed by atoms with Gasteiger partial charge < -0.3 is 15.7 Å². The van der Waals surface area contributed by atoms with Gasteiger partial charge in [0, 0.05) is 6.54 Å². The molecule has 0 saturated heterocycles. The van der Waals surface area contributed by atoms with E-state index in [9.17, 15) is 5.11 Å². The second-order valence-electron chi connectivity index (χ2n) is 5.09. The van der Waals surface area contributed by atoms with E-state index >= 15 is 0 Å². The minimum atomic E-state index is -0.419. The van der Waals surface area contributed by atoms with E-state index in [1.54, 1.807) is 0 Å². The molecule has 1 fully saturated rings. The van der Waals surface area contributed by atoms with Crippen LogP contribution < -0.4 is 5.73 Å². The van der Waals surface area contributed by atoms with Crippen molar-refractivity contribution >= 4 is 17.2 Å². The number of rotatable bonds is 7. The summed E-state index contributed by atoms with van der Waals surface area (Å²) in [6, 6.07) is 0. The molecule has 1 aliphatic rings. The Bertz CT molecular complexity index is 227. The standard InChI is InChI=1S/C12H24N2OS/c1-14(9-5-2-6-11(13)16)10-12(15)7-3-4-8-12/h15H,2-10H2,1H3,(H2,13,16). The summed E-state index contributed by atoms with van der Waals surface area (Å²) in [5.74, 6) is 0. The summed E-state index contributed by atoms with van der Waals surface area (Å²) < 4.78 is 0. The number of nitrogens with zero attached hydrogens (tertiary/aromatic N) is 1. The maximum Gasteiger partial charge on any atom is 0.0774 e. The average molecular weight is 244 g/mol. The van der Waals surface area contributed by atoms with E-state index in [1.807, 2.05) is 0 Å². The van der Waals surface area contributed by atoms with Crippen LogP contribution in [0.15, 0.2) is 0 Å². The first-order valence-corrected chi connectivity index (χ1v) is 6.62. The first-order chi connectivity index (χ1) is 7.52. The van der Waals surface area contributed by atoms with Crippen LogP contribution in [-0.2, 0) is 0 Å². The predicted molar refractivity (Wildman–Crippen MR) is 71.6 cm³/mol. The Morgan fingerprint density at radius 1 is 1.38 bits per heavy atom. The zero-order valence-electron chi connectivity index (χ0n) is 10.2. The molecule has 0 atom stereocenters. The van der Waals surface area contributed by atoms with Crippen LogP contribution in [0.4, 0.5) is 0 Å². The molecule has 0 spiro atoms. The van der Waals surface area contributed by atoms with Gasteiger partial charge in [0.05, 0.1) is 10.6 Å². The highest BCUT2D eigenvalue weighted by atomic mass is 32.1. The number of likely N-dealkylation sites (N-methyl/N-ethyl adjacent to an activating group) is 1. The fourth-order valence-corrected chi connectivity index (χ4v) is 2.60. The number of aliphatic hydroxyl groups is 1. The van der Waals surface area contributed by atoms with Gasteiger partial charge in [0.25, 0.3) is 0 Å². The van der Waals surface area contributed by atoms with Gasteiger partial charge >= 0.3 is 0 Å². The third-order valence-corrected chi connectivity index (χ3v) is 3.52. The Morgan fingerprint density at radius 3 is 2.56 bits per heavy atom. The van der Waals surface area contributed by atoms with Gasteiger partial charge in [0.1, 0.15) is 0 Å². The highest BCUT2D eigenvalue weighted by Crippen LogP contribution is 2.29. The van der Waals surface area contributed by atoms with E-state index in [0.717, 1.165) is 45.2 Å². The predicted octanol–water partition coefficient (Wildman–Crippen LogP) is 1.68. The highest BCUT2D eigenvalue weighted by Gasteiger charge is 2.31. The van der Waals surface area contributed by atoms with Crippen LogP contribution in [0, 0.1) is 0 Å². The first kappa shape index (κ1) is 13.9. The molecule has 16 heavy (non-hydrogen) atoms. The number of unbranched alkanes of at least 4 members (excludes halogenated alkanes) is 1. The molecule has 0 aromatic heterocycles. The molecule has 3 nitrogen and oxygen atoms in total. The molecule has 0 aromatic carbocycles. The summed E-state index contributed by atoms with van der Waals surface area (Å²) in [5.41, 5.74) is 5.02. The third kappa shape index (κ3) is 5.23. The van der Waals surface area contributed by atoms with Crippen molar-refractivity contribution in [1.82, 2.24) is 4.90 Å². The lowest BCUT2D eigenvalue weighted by molar-refractivity contribution is 0.0161. The summed E-state index contributed by atoms with van der Waals surface area (Å²) in [6.45, 7) is 1.82. The molecule has 94 valence electrons. The monoisotopic (exact) mass is 244 g/mol.